The minimum atomic E-state index is -2.09. The lowest BCUT2D eigenvalue weighted by atomic mass is 10.2. The molecule has 0 aliphatic rings. The molecule has 1 unspecified atom stereocenters. The molecular weight excluding hydrogens is 177 g/mol. The average molecular weight is 185 g/mol. The molecular formula is C8H8FNO3. The highest BCUT2D eigenvalue weighted by Crippen LogP contribution is 2.25. The number of rotatable bonds is 3. The highest BCUT2D eigenvalue weighted by molar-refractivity contribution is 5.74. The van der Waals surface area contributed by atoms with Crippen molar-refractivity contribution in [2.24, 2.45) is 0 Å². The third kappa shape index (κ3) is 1.93. The number of pyridine rings is 1. The number of hydrogen-bond acceptors (Lipinski definition) is 3. The van der Waals surface area contributed by atoms with Gasteiger partial charge in [0.05, 0.1) is 12.7 Å². The molecule has 1 atom stereocenters. The Kier molecular flexibility index (Phi) is 2.79. The van der Waals surface area contributed by atoms with Crippen LogP contribution < -0.4 is 4.74 Å². The molecule has 5 heteroatoms. The van der Waals surface area contributed by atoms with Crippen LogP contribution in [0.2, 0.25) is 0 Å². The van der Waals surface area contributed by atoms with Crippen molar-refractivity contribution in [3.05, 3.63) is 23.9 Å². The van der Waals surface area contributed by atoms with E-state index in [1.165, 1.54) is 25.4 Å². The van der Waals surface area contributed by atoms with Gasteiger partial charge in [-0.05, 0) is 12.1 Å². The molecule has 1 aromatic rings. The van der Waals surface area contributed by atoms with Crippen molar-refractivity contribution in [3.8, 4) is 5.88 Å². The summed E-state index contributed by atoms with van der Waals surface area (Å²) in [6.07, 6.45) is -0.694. The molecule has 1 aromatic heterocycles. The summed E-state index contributed by atoms with van der Waals surface area (Å²) in [7, 11) is 1.31. The van der Waals surface area contributed by atoms with Crippen molar-refractivity contribution in [3.63, 3.8) is 0 Å². The van der Waals surface area contributed by atoms with E-state index in [1.54, 1.807) is 0 Å². The van der Waals surface area contributed by atoms with Gasteiger partial charge in [0.25, 0.3) is 0 Å². The number of halogens is 1. The lowest BCUT2D eigenvalue weighted by molar-refractivity contribution is -0.143. The largest absolute Gasteiger partial charge is 0.481 e. The van der Waals surface area contributed by atoms with Gasteiger partial charge < -0.3 is 9.84 Å². The molecule has 70 valence electrons. The van der Waals surface area contributed by atoms with Crippen LogP contribution in [0.15, 0.2) is 18.3 Å². The first-order valence-electron chi connectivity index (χ1n) is 3.52. The van der Waals surface area contributed by atoms with E-state index in [0.717, 1.165) is 0 Å². The fourth-order valence-corrected chi connectivity index (χ4v) is 0.900. The molecule has 0 saturated carbocycles. The van der Waals surface area contributed by atoms with Crippen LogP contribution >= 0.6 is 0 Å². The van der Waals surface area contributed by atoms with Gasteiger partial charge in [-0.1, -0.05) is 0 Å². The monoisotopic (exact) mass is 185 g/mol. The SMILES string of the molecule is COc1ncccc1C(F)C(=O)O. The maximum absolute atomic E-state index is 13.0. The molecule has 1 N–H and O–H groups in total. The van der Waals surface area contributed by atoms with Gasteiger partial charge in [-0.3, -0.25) is 0 Å². The molecule has 0 fully saturated rings. The molecule has 0 spiro atoms. The van der Waals surface area contributed by atoms with E-state index in [-0.39, 0.29) is 11.4 Å². The van der Waals surface area contributed by atoms with Gasteiger partial charge in [0.2, 0.25) is 12.1 Å². The number of nitrogens with zero attached hydrogens (tertiary/aromatic N) is 1. The first-order valence-corrected chi connectivity index (χ1v) is 3.52. The number of hydrogen-bond donors (Lipinski definition) is 1. The Morgan fingerprint density at radius 3 is 3.00 bits per heavy atom. The third-order valence-electron chi connectivity index (χ3n) is 1.48. The van der Waals surface area contributed by atoms with Gasteiger partial charge in [-0.2, -0.15) is 0 Å². The van der Waals surface area contributed by atoms with Crippen LogP contribution in [0.3, 0.4) is 0 Å². The standard InChI is InChI=1S/C8H8FNO3/c1-13-7-5(3-2-4-10-7)6(9)8(11)12/h2-4,6H,1H3,(H,11,12). The van der Waals surface area contributed by atoms with E-state index in [9.17, 15) is 9.18 Å². The highest BCUT2D eigenvalue weighted by atomic mass is 19.1. The molecule has 0 aromatic carbocycles. The Morgan fingerprint density at radius 1 is 1.77 bits per heavy atom. The Labute approximate surface area is 74.0 Å². The molecule has 0 saturated heterocycles. The highest BCUT2D eigenvalue weighted by Gasteiger charge is 2.22. The molecule has 0 bridgehead atoms. The molecule has 0 aliphatic carbocycles. The molecule has 0 aliphatic heterocycles. The van der Waals surface area contributed by atoms with Gasteiger partial charge in [0, 0.05) is 6.20 Å². The molecule has 13 heavy (non-hydrogen) atoms. The van der Waals surface area contributed by atoms with Crippen LogP contribution in [0.4, 0.5) is 4.39 Å². The number of aromatic nitrogens is 1. The zero-order valence-corrected chi connectivity index (χ0v) is 6.90. The Balaban J connectivity index is 3.05. The summed E-state index contributed by atoms with van der Waals surface area (Å²) in [6.45, 7) is 0. The maximum Gasteiger partial charge on any atom is 0.343 e. The predicted molar refractivity (Wildman–Crippen MR) is 42.3 cm³/mol. The zero-order chi connectivity index (χ0) is 9.84. The molecule has 4 nitrogen and oxygen atoms in total. The summed E-state index contributed by atoms with van der Waals surface area (Å²) >= 11 is 0. The molecule has 1 rings (SSSR count). The Hall–Kier alpha value is -1.65. The van der Waals surface area contributed by atoms with E-state index in [2.05, 4.69) is 4.98 Å². The van der Waals surface area contributed by atoms with Crippen LogP contribution in [0.25, 0.3) is 0 Å². The number of ether oxygens (including phenoxy) is 1. The predicted octanol–water partition coefficient (Wildman–Crippen LogP) is 1.19. The van der Waals surface area contributed by atoms with E-state index in [4.69, 9.17) is 9.84 Å². The summed E-state index contributed by atoms with van der Waals surface area (Å²) in [4.78, 5) is 14.0. The van der Waals surface area contributed by atoms with Gasteiger partial charge in [-0.25, -0.2) is 14.2 Å². The second kappa shape index (κ2) is 3.84. The summed E-state index contributed by atoms with van der Waals surface area (Å²) in [5.74, 6) is -1.55. The minimum absolute atomic E-state index is 0.00241. The van der Waals surface area contributed by atoms with E-state index in [1.807, 2.05) is 0 Å². The van der Waals surface area contributed by atoms with Crippen LogP contribution in [0.1, 0.15) is 11.7 Å². The van der Waals surface area contributed by atoms with Crippen molar-refractivity contribution in [2.75, 3.05) is 7.11 Å². The normalized spacial score (nSPS) is 12.2. The Bertz CT molecular complexity index is 316. The molecule has 0 radical (unpaired) electrons. The quantitative estimate of drug-likeness (QED) is 0.768. The smallest absolute Gasteiger partial charge is 0.343 e. The molecule has 1 heterocycles. The number of alkyl halides is 1. The van der Waals surface area contributed by atoms with Crippen LogP contribution in [-0.2, 0) is 4.79 Å². The number of carbonyl (C=O) groups is 1. The third-order valence-corrected chi connectivity index (χ3v) is 1.48. The minimum Gasteiger partial charge on any atom is -0.481 e. The number of aliphatic carboxylic acids is 1. The zero-order valence-electron chi connectivity index (χ0n) is 6.90. The maximum atomic E-state index is 13.0. The first-order chi connectivity index (χ1) is 6.16. The average Bonchev–Trinajstić information content (AvgIpc) is 2.16. The second-order valence-electron chi connectivity index (χ2n) is 2.30. The van der Waals surface area contributed by atoms with E-state index < -0.39 is 12.1 Å². The van der Waals surface area contributed by atoms with E-state index in [0.29, 0.717) is 0 Å². The number of methoxy groups -OCH3 is 1. The fraction of sp³-hybridized carbons (Fsp3) is 0.250. The number of carboxylic acid groups (broad SMARTS) is 1. The van der Waals surface area contributed by atoms with Gasteiger partial charge in [-0.15, -0.1) is 0 Å². The second-order valence-corrected chi connectivity index (χ2v) is 2.30. The summed E-state index contributed by atoms with van der Waals surface area (Å²) in [5, 5.41) is 8.40. The Morgan fingerprint density at radius 2 is 2.46 bits per heavy atom. The van der Waals surface area contributed by atoms with Crippen molar-refractivity contribution < 1.29 is 19.0 Å². The van der Waals surface area contributed by atoms with Crippen LogP contribution in [0.5, 0.6) is 5.88 Å². The van der Waals surface area contributed by atoms with Crippen molar-refractivity contribution in [1.82, 2.24) is 4.98 Å². The number of carboxylic acids is 1. The van der Waals surface area contributed by atoms with E-state index >= 15 is 0 Å². The van der Waals surface area contributed by atoms with Crippen LogP contribution in [0, 0.1) is 0 Å². The van der Waals surface area contributed by atoms with Crippen molar-refractivity contribution >= 4 is 5.97 Å². The lowest BCUT2D eigenvalue weighted by Crippen LogP contribution is -2.08. The summed E-state index contributed by atoms with van der Waals surface area (Å²) in [5.41, 5.74) is -0.0718. The topological polar surface area (TPSA) is 59.4 Å². The first kappa shape index (κ1) is 9.44. The van der Waals surface area contributed by atoms with Gasteiger partial charge >= 0.3 is 5.97 Å². The summed E-state index contributed by atoms with van der Waals surface area (Å²) in [6, 6.07) is 2.78. The van der Waals surface area contributed by atoms with Gasteiger partial charge in [0.15, 0.2) is 0 Å². The van der Waals surface area contributed by atoms with Crippen molar-refractivity contribution in [1.29, 1.82) is 0 Å². The summed E-state index contributed by atoms with van der Waals surface area (Å²) < 4.78 is 17.7. The van der Waals surface area contributed by atoms with Gasteiger partial charge in [0.1, 0.15) is 0 Å². The lowest BCUT2D eigenvalue weighted by Gasteiger charge is -2.07. The molecule has 0 amide bonds. The fourth-order valence-electron chi connectivity index (χ4n) is 0.900. The van der Waals surface area contributed by atoms with Crippen LogP contribution in [-0.4, -0.2) is 23.2 Å². The van der Waals surface area contributed by atoms with Crippen molar-refractivity contribution in [2.45, 2.75) is 6.17 Å².